The molecule has 0 bridgehead atoms. The molecular weight excluding hydrogens is 709 g/mol. The third-order valence-electron chi connectivity index (χ3n) is 11.0. The van der Waals surface area contributed by atoms with Gasteiger partial charge in [0, 0.05) is 43.8 Å². The van der Waals surface area contributed by atoms with Gasteiger partial charge in [-0.2, -0.15) is 5.26 Å². The van der Waals surface area contributed by atoms with E-state index in [0.717, 1.165) is 82.8 Å². The largest absolute Gasteiger partial charge is 0.309 e. The fourth-order valence-corrected chi connectivity index (χ4v) is 8.46. The maximum absolute atomic E-state index is 10.7. The average Bonchev–Trinajstić information content (AvgIpc) is 3.82. The van der Waals surface area contributed by atoms with Crippen molar-refractivity contribution >= 4 is 43.6 Å². The van der Waals surface area contributed by atoms with E-state index < -0.39 is 0 Å². The number of rotatable bonds is 6. The number of benzene rings is 8. The molecule has 0 saturated carbocycles. The lowest BCUT2D eigenvalue weighted by molar-refractivity contribution is 1.06. The number of hydrogen-bond acceptors (Lipinski definition) is 4. The van der Waals surface area contributed by atoms with Gasteiger partial charge in [0.2, 0.25) is 0 Å². The molecule has 0 N–H and O–H groups in total. The summed E-state index contributed by atoms with van der Waals surface area (Å²) in [5, 5.41) is 15.3. The van der Waals surface area contributed by atoms with Crippen LogP contribution in [-0.2, 0) is 0 Å². The highest BCUT2D eigenvalue weighted by Gasteiger charge is 2.23. The molecule has 0 unspecified atom stereocenters. The van der Waals surface area contributed by atoms with Crippen LogP contribution in [0.1, 0.15) is 5.56 Å². The van der Waals surface area contributed by atoms with Gasteiger partial charge in [0.1, 0.15) is 6.07 Å². The summed E-state index contributed by atoms with van der Waals surface area (Å²) in [5.74, 6) is 1.71. The fraction of sp³-hybridized carbons (Fsp3) is 0. The molecule has 0 aliphatic rings. The summed E-state index contributed by atoms with van der Waals surface area (Å²) >= 11 is 0. The quantitative estimate of drug-likeness (QED) is 0.170. The first-order chi connectivity index (χ1) is 28.7. The molecular formula is C52H32N6. The number of nitrogens with zero attached hydrogens (tertiary/aromatic N) is 6. The van der Waals surface area contributed by atoms with E-state index in [1.807, 2.05) is 72.8 Å². The zero-order valence-corrected chi connectivity index (χ0v) is 31.2. The van der Waals surface area contributed by atoms with Gasteiger partial charge in [-0.3, -0.25) is 0 Å². The van der Waals surface area contributed by atoms with Gasteiger partial charge < -0.3 is 9.13 Å². The molecule has 6 nitrogen and oxygen atoms in total. The maximum atomic E-state index is 10.7. The van der Waals surface area contributed by atoms with E-state index >= 15 is 0 Å². The lowest BCUT2D eigenvalue weighted by Gasteiger charge is -2.19. The summed E-state index contributed by atoms with van der Waals surface area (Å²) in [7, 11) is 0. The lowest BCUT2D eigenvalue weighted by Crippen LogP contribution is -2.05. The van der Waals surface area contributed by atoms with Crippen molar-refractivity contribution in [1.29, 1.82) is 5.26 Å². The highest BCUT2D eigenvalue weighted by Crippen LogP contribution is 2.42. The number of aromatic nitrogens is 5. The maximum Gasteiger partial charge on any atom is 0.166 e. The Morgan fingerprint density at radius 1 is 0.362 bits per heavy atom. The summed E-state index contributed by atoms with van der Waals surface area (Å²) in [6.45, 7) is 0. The lowest BCUT2D eigenvalue weighted by atomic mass is 9.96. The summed E-state index contributed by atoms with van der Waals surface area (Å²) in [4.78, 5) is 15.6. The minimum atomic E-state index is 0.543. The van der Waals surface area contributed by atoms with Gasteiger partial charge in [0.15, 0.2) is 17.5 Å². The molecule has 11 rings (SSSR count). The van der Waals surface area contributed by atoms with Crippen LogP contribution >= 0.6 is 0 Å². The van der Waals surface area contributed by atoms with Crippen molar-refractivity contribution in [3.05, 3.63) is 200 Å². The minimum Gasteiger partial charge on any atom is -0.309 e. The van der Waals surface area contributed by atoms with Gasteiger partial charge in [-0.05, 0) is 48.0 Å². The summed E-state index contributed by atoms with van der Waals surface area (Å²) in [6, 6.07) is 69.0. The van der Waals surface area contributed by atoms with Crippen LogP contribution in [0.5, 0.6) is 0 Å². The van der Waals surface area contributed by atoms with Gasteiger partial charge in [-0.25, -0.2) is 15.0 Å². The van der Waals surface area contributed by atoms with E-state index in [4.69, 9.17) is 15.0 Å². The molecule has 6 heteroatoms. The zero-order valence-electron chi connectivity index (χ0n) is 31.2. The van der Waals surface area contributed by atoms with Crippen LogP contribution in [0.2, 0.25) is 0 Å². The van der Waals surface area contributed by atoms with E-state index in [2.05, 4.69) is 137 Å². The Morgan fingerprint density at radius 3 is 1.31 bits per heavy atom. The van der Waals surface area contributed by atoms with Crippen LogP contribution in [0.4, 0.5) is 0 Å². The normalized spacial score (nSPS) is 11.4. The van der Waals surface area contributed by atoms with Gasteiger partial charge >= 0.3 is 0 Å². The van der Waals surface area contributed by atoms with Crippen LogP contribution in [0.15, 0.2) is 194 Å². The van der Waals surface area contributed by atoms with Crippen molar-refractivity contribution in [2.45, 2.75) is 0 Å². The molecule has 0 fully saturated rings. The second kappa shape index (κ2) is 13.6. The number of nitriles is 1. The SMILES string of the molecule is N#Cc1cccc(-c2ccc(-n3c4ccccc4c4ccccc43)c(-c3nc(-c4ccccc4)nc(-c4ccccc4)n3)c2)c1-n1c2ccccc2c2ccccc21. The highest BCUT2D eigenvalue weighted by atomic mass is 15.1. The molecule has 0 amide bonds. The van der Waals surface area contributed by atoms with Gasteiger partial charge in [0.25, 0.3) is 0 Å². The summed E-state index contributed by atoms with van der Waals surface area (Å²) in [6.07, 6.45) is 0. The summed E-state index contributed by atoms with van der Waals surface area (Å²) < 4.78 is 4.56. The molecule has 8 aromatic carbocycles. The molecule has 58 heavy (non-hydrogen) atoms. The van der Waals surface area contributed by atoms with Gasteiger partial charge in [0.05, 0.1) is 39.0 Å². The summed E-state index contributed by atoms with van der Waals surface area (Å²) in [5.41, 5.74) is 11.0. The molecule has 270 valence electrons. The molecule has 11 aromatic rings. The predicted molar refractivity (Wildman–Crippen MR) is 235 cm³/mol. The van der Waals surface area contributed by atoms with Crippen molar-refractivity contribution in [3.8, 4) is 62.7 Å². The topological polar surface area (TPSA) is 72.3 Å². The predicted octanol–water partition coefficient (Wildman–Crippen LogP) is 12.6. The second-order valence-corrected chi connectivity index (χ2v) is 14.3. The number of hydrogen-bond donors (Lipinski definition) is 0. The molecule has 3 aromatic heterocycles. The Labute approximate surface area is 334 Å². The third-order valence-corrected chi connectivity index (χ3v) is 11.0. The Hall–Kier alpha value is -8.14. The van der Waals surface area contributed by atoms with Gasteiger partial charge in [-0.15, -0.1) is 0 Å². The smallest absolute Gasteiger partial charge is 0.166 e. The standard InChI is InChI=1S/C52H32N6/c53-33-37-20-15-25-38(49(37)58-46-28-13-9-23-41(46)42-24-10-14-29-47(42)58)36-30-31-48(57-44-26-11-7-21-39(44)40-22-8-12-27-45(40)57)43(32-36)52-55-50(34-16-3-1-4-17-34)54-51(56-52)35-18-5-2-6-19-35/h1-32H. The zero-order chi connectivity index (χ0) is 38.6. The van der Waals surface area contributed by atoms with Crippen molar-refractivity contribution in [1.82, 2.24) is 24.1 Å². The van der Waals surface area contributed by atoms with Gasteiger partial charge in [-0.1, -0.05) is 152 Å². The molecule has 0 aliphatic carbocycles. The van der Waals surface area contributed by atoms with Crippen molar-refractivity contribution in [2.24, 2.45) is 0 Å². The van der Waals surface area contributed by atoms with Crippen LogP contribution in [-0.4, -0.2) is 24.1 Å². The molecule has 3 heterocycles. The van der Waals surface area contributed by atoms with E-state index in [0.29, 0.717) is 23.0 Å². The average molecular weight is 741 g/mol. The van der Waals surface area contributed by atoms with Crippen molar-refractivity contribution in [3.63, 3.8) is 0 Å². The van der Waals surface area contributed by atoms with E-state index in [-0.39, 0.29) is 0 Å². The van der Waals surface area contributed by atoms with Crippen molar-refractivity contribution < 1.29 is 0 Å². The molecule has 0 saturated heterocycles. The first kappa shape index (κ1) is 33.2. The van der Waals surface area contributed by atoms with Crippen molar-refractivity contribution in [2.75, 3.05) is 0 Å². The Kier molecular flexibility index (Phi) is 7.76. The Bertz CT molecular complexity index is 3240. The minimum absolute atomic E-state index is 0.543. The first-order valence-corrected chi connectivity index (χ1v) is 19.3. The van der Waals surface area contributed by atoms with Crippen LogP contribution in [0, 0.1) is 11.3 Å². The van der Waals surface area contributed by atoms with Crippen LogP contribution in [0.3, 0.4) is 0 Å². The number of fused-ring (bicyclic) bond motifs is 6. The third kappa shape index (κ3) is 5.30. The monoisotopic (exact) mass is 740 g/mol. The Balaban J connectivity index is 1.24. The van der Waals surface area contributed by atoms with E-state index in [9.17, 15) is 5.26 Å². The number of para-hydroxylation sites is 5. The molecule has 0 aliphatic heterocycles. The highest BCUT2D eigenvalue weighted by molar-refractivity contribution is 6.11. The van der Waals surface area contributed by atoms with Crippen LogP contribution < -0.4 is 0 Å². The fourth-order valence-electron chi connectivity index (χ4n) is 8.46. The molecule has 0 radical (unpaired) electrons. The molecule has 0 spiro atoms. The van der Waals surface area contributed by atoms with Crippen LogP contribution in [0.25, 0.3) is 100 Å². The second-order valence-electron chi connectivity index (χ2n) is 14.3. The first-order valence-electron chi connectivity index (χ1n) is 19.3. The Morgan fingerprint density at radius 2 is 0.810 bits per heavy atom. The van der Waals surface area contributed by atoms with E-state index in [1.165, 1.54) is 0 Å². The molecule has 0 atom stereocenters. The van der Waals surface area contributed by atoms with E-state index in [1.54, 1.807) is 0 Å².